The first-order valence-electron chi connectivity index (χ1n) is 12.4. The van der Waals surface area contributed by atoms with Crippen LogP contribution in [0.2, 0.25) is 0 Å². The third-order valence-corrected chi connectivity index (χ3v) is 8.57. The molecular formula is C26H25F3N5O6PS. The van der Waals surface area contributed by atoms with Crippen LogP contribution in [0, 0.1) is 0 Å². The van der Waals surface area contributed by atoms with E-state index in [0.717, 1.165) is 15.9 Å². The van der Waals surface area contributed by atoms with Crippen molar-refractivity contribution in [2.24, 2.45) is 0 Å². The Morgan fingerprint density at radius 3 is 2.40 bits per heavy atom. The second kappa shape index (κ2) is 10.9. The van der Waals surface area contributed by atoms with Gasteiger partial charge in [-0.25, -0.2) is 13.4 Å². The summed E-state index contributed by atoms with van der Waals surface area (Å²) < 4.78 is 79.4. The van der Waals surface area contributed by atoms with Crippen LogP contribution >= 0.6 is 8.60 Å². The van der Waals surface area contributed by atoms with Crippen molar-refractivity contribution in [1.82, 2.24) is 15.1 Å². The second-order valence-corrected chi connectivity index (χ2v) is 13.0. The highest BCUT2D eigenvalue weighted by Crippen LogP contribution is 2.41. The standard InChI is InChI=1S/C26H25F3N5O6PS/c1-25(2,3)17-6-8-18(9-7-17)42(37,38)34-13-16-5-11-21(26(27,28)29)31-23(16)30-19-10-4-15(12-20(19)34)24-32-22(40-33-24)14-39-41(35)36/h4-12,35-36H,13-14H2,1-3H3,(H,30,31). The highest BCUT2D eigenvalue weighted by atomic mass is 32.2. The third-order valence-electron chi connectivity index (χ3n) is 6.44. The summed E-state index contributed by atoms with van der Waals surface area (Å²) in [7, 11) is -6.90. The zero-order valence-electron chi connectivity index (χ0n) is 22.4. The number of nitrogens with one attached hydrogen (secondary N) is 1. The number of hydrogen-bond donors (Lipinski definition) is 3. The average Bonchev–Trinajstić information content (AvgIpc) is 3.32. The van der Waals surface area contributed by atoms with Crippen molar-refractivity contribution < 1.29 is 40.4 Å². The number of hydrogen-bond acceptors (Lipinski definition) is 10. The van der Waals surface area contributed by atoms with Gasteiger partial charge in [-0.1, -0.05) is 44.1 Å². The van der Waals surface area contributed by atoms with Gasteiger partial charge in [-0.05, 0) is 47.4 Å². The lowest BCUT2D eigenvalue weighted by Gasteiger charge is -2.25. The Hall–Kier alpha value is -3.62. The van der Waals surface area contributed by atoms with Crippen LogP contribution in [0.3, 0.4) is 0 Å². The van der Waals surface area contributed by atoms with Gasteiger partial charge in [-0.3, -0.25) is 4.31 Å². The van der Waals surface area contributed by atoms with E-state index in [1.165, 1.54) is 36.4 Å². The van der Waals surface area contributed by atoms with Gasteiger partial charge in [0, 0.05) is 11.1 Å². The Kier molecular flexibility index (Phi) is 7.75. The summed E-state index contributed by atoms with van der Waals surface area (Å²) in [6.45, 7) is 5.30. The minimum absolute atomic E-state index is 0.0151. The molecule has 0 bridgehead atoms. The number of nitrogens with zero attached hydrogens (tertiary/aromatic N) is 4. The van der Waals surface area contributed by atoms with Gasteiger partial charge in [0.15, 0.2) is 0 Å². The monoisotopic (exact) mass is 623 g/mol. The number of aromatic nitrogens is 3. The summed E-state index contributed by atoms with van der Waals surface area (Å²) in [4.78, 5) is 25.8. The molecule has 222 valence electrons. The van der Waals surface area contributed by atoms with E-state index in [1.807, 2.05) is 20.8 Å². The fourth-order valence-corrected chi connectivity index (χ4v) is 5.92. The molecule has 0 fully saturated rings. The Labute approximate surface area is 240 Å². The second-order valence-electron chi connectivity index (χ2n) is 10.4. The molecule has 0 atom stereocenters. The molecule has 2 aromatic carbocycles. The van der Waals surface area contributed by atoms with Crippen LogP contribution in [0.5, 0.6) is 0 Å². The number of pyridine rings is 1. The van der Waals surface area contributed by atoms with Crippen molar-refractivity contribution >= 4 is 35.8 Å². The number of benzene rings is 2. The lowest BCUT2D eigenvalue weighted by molar-refractivity contribution is -0.141. The van der Waals surface area contributed by atoms with Crippen LogP contribution in [0.15, 0.2) is 64.0 Å². The van der Waals surface area contributed by atoms with E-state index in [0.29, 0.717) is 5.56 Å². The molecule has 3 heterocycles. The van der Waals surface area contributed by atoms with E-state index >= 15 is 0 Å². The van der Waals surface area contributed by atoms with Crippen LogP contribution in [0.4, 0.5) is 30.4 Å². The highest BCUT2D eigenvalue weighted by molar-refractivity contribution is 7.92. The van der Waals surface area contributed by atoms with E-state index in [-0.39, 0.29) is 57.9 Å². The van der Waals surface area contributed by atoms with Gasteiger partial charge in [0.25, 0.3) is 15.9 Å². The minimum Gasteiger partial charge on any atom is -0.338 e. The summed E-state index contributed by atoms with van der Waals surface area (Å²) >= 11 is 0. The maximum atomic E-state index is 14.1. The molecule has 4 aromatic rings. The molecule has 0 amide bonds. The first-order valence-corrected chi connectivity index (χ1v) is 15.0. The molecule has 1 aliphatic heterocycles. The summed E-state index contributed by atoms with van der Waals surface area (Å²) in [5.74, 6) is -0.154. The average molecular weight is 624 g/mol. The third kappa shape index (κ3) is 6.10. The molecule has 3 N–H and O–H groups in total. The lowest BCUT2D eigenvalue weighted by atomic mass is 9.87. The quantitative estimate of drug-likeness (QED) is 0.231. The first-order chi connectivity index (χ1) is 19.6. The normalized spacial score (nSPS) is 13.9. The van der Waals surface area contributed by atoms with E-state index < -0.39 is 30.5 Å². The number of fused-ring (bicyclic) bond motifs is 2. The Morgan fingerprint density at radius 2 is 1.76 bits per heavy atom. The van der Waals surface area contributed by atoms with Crippen molar-refractivity contribution in [3.8, 4) is 11.4 Å². The van der Waals surface area contributed by atoms with E-state index in [9.17, 15) is 21.6 Å². The summed E-state index contributed by atoms with van der Waals surface area (Å²) in [5.41, 5.74) is 0.396. The topological polar surface area (TPSA) is 151 Å². The number of rotatable bonds is 6. The highest BCUT2D eigenvalue weighted by Gasteiger charge is 2.36. The van der Waals surface area contributed by atoms with Gasteiger partial charge >= 0.3 is 14.8 Å². The van der Waals surface area contributed by atoms with Gasteiger partial charge in [0.2, 0.25) is 5.82 Å². The van der Waals surface area contributed by atoms with Crippen LogP contribution in [-0.2, 0) is 39.3 Å². The Balaban J connectivity index is 1.61. The predicted molar refractivity (Wildman–Crippen MR) is 147 cm³/mol. The molecule has 2 aromatic heterocycles. The zero-order valence-corrected chi connectivity index (χ0v) is 24.1. The molecule has 0 saturated carbocycles. The van der Waals surface area contributed by atoms with Crippen LogP contribution in [0.25, 0.3) is 11.4 Å². The summed E-state index contributed by atoms with van der Waals surface area (Å²) in [5, 5.41) is 6.70. The maximum absolute atomic E-state index is 14.1. The van der Waals surface area contributed by atoms with Crippen LogP contribution in [0.1, 0.15) is 43.5 Å². The van der Waals surface area contributed by atoms with Gasteiger partial charge in [0.05, 0.1) is 22.8 Å². The van der Waals surface area contributed by atoms with E-state index in [1.54, 1.807) is 12.1 Å². The largest absolute Gasteiger partial charge is 0.433 e. The molecule has 0 saturated heterocycles. The fourth-order valence-electron chi connectivity index (χ4n) is 4.24. The van der Waals surface area contributed by atoms with Crippen LogP contribution < -0.4 is 9.62 Å². The maximum Gasteiger partial charge on any atom is 0.433 e. The predicted octanol–water partition coefficient (Wildman–Crippen LogP) is 5.63. The number of anilines is 3. The van der Waals surface area contributed by atoms with Crippen molar-refractivity contribution in [2.45, 2.75) is 50.4 Å². The Bertz CT molecular complexity index is 1720. The van der Waals surface area contributed by atoms with Gasteiger partial charge in [0.1, 0.15) is 18.1 Å². The molecule has 16 heteroatoms. The summed E-state index contributed by atoms with van der Waals surface area (Å²) in [6, 6.07) is 12.9. The molecule has 0 unspecified atom stereocenters. The molecule has 11 nitrogen and oxygen atoms in total. The van der Waals surface area contributed by atoms with Gasteiger partial charge < -0.3 is 24.2 Å². The smallest absolute Gasteiger partial charge is 0.338 e. The number of sulfonamides is 1. The molecule has 0 spiro atoms. The molecule has 1 aliphatic rings. The fraction of sp³-hybridized carbons (Fsp3) is 0.269. The Morgan fingerprint density at radius 1 is 1.05 bits per heavy atom. The van der Waals surface area contributed by atoms with E-state index in [4.69, 9.17) is 14.3 Å². The van der Waals surface area contributed by atoms with Crippen molar-refractivity contribution in [3.63, 3.8) is 0 Å². The van der Waals surface area contributed by atoms with E-state index in [2.05, 4.69) is 25.0 Å². The van der Waals surface area contributed by atoms with Crippen LogP contribution in [-0.4, -0.2) is 33.3 Å². The van der Waals surface area contributed by atoms with Gasteiger partial charge in [-0.15, -0.1) is 0 Å². The number of halogens is 3. The minimum atomic E-state index is -4.70. The molecule has 5 rings (SSSR count). The molecular weight excluding hydrogens is 598 g/mol. The number of alkyl halides is 3. The SMILES string of the molecule is CC(C)(C)c1ccc(S(=O)(=O)N2Cc3ccc(C(F)(F)F)nc3Nc3ccc(-c4noc(COP(O)O)n4)cc32)cc1. The molecule has 0 radical (unpaired) electrons. The molecule has 0 aliphatic carbocycles. The van der Waals surface area contributed by atoms with Crippen molar-refractivity contribution in [1.29, 1.82) is 0 Å². The van der Waals surface area contributed by atoms with Crippen molar-refractivity contribution in [3.05, 3.63) is 77.3 Å². The molecule has 42 heavy (non-hydrogen) atoms. The zero-order chi connectivity index (χ0) is 30.4. The summed E-state index contributed by atoms with van der Waals surface area (Å²) in [6.07, 6.45) is -4.70. The van der Waals surface area contributed by atoms with Gasteiger partial charge in [-0.2, -0.15) is 18.2 Å². The first kappa shape index (κ1) is 29.9. The lowest BCUT2D eigenvalue weighted by Crippen LogP contribution is -2.30. The van der Waals surface area contributed by atoms with Crippen molar-refractivity contribution in [2.75, 3.05) is 9.62 Å².